The van der Waals surface area contributed by atoms with Crippen LogP contribution in [0.2, 0.25) is 0 Å². The van der Waals surface area contributed by atoms with Crippen molar-refractivity contribution in [3.8, 4) is 34.5 Å². The van der Waals surface area contributed by atoms with Crippen LogP contribution in [0.15, 0.2) is 160 Å². The van der Waals surface area contributed by atoms with Crippen LogP contribution in [0.3, 0.4) is 0 Å². The molecule has 0 radical (unpaired) electrons. The smallest absolute Gasteiger partial charge is 0.283 e. The highest BCUT2D eigenvalue weighted by Gasteiger charge is 2.21. The number of nitrogens with zero attached hydrogens (tertiary/aromatic N) is 4. The zero-order valence-electron chi connectivity index (χ0n) is 25.6. The molecule has 0 saturated heterocycles. The Kier molecular flexibility index (Phi) is 8.86. The third kappa shape index (κ3) is 6.09. The van der Waals surface area contributed by atoms with Gasteiger partial charge in [-0.05, 0) is 78.8 Å². The van der Waals surface area contributed by atoms with Crippen molar-refractivity contribution in [2.75, 3.05) is 0 Å². The van der Waals surface area contributed by atoms with Gasteiger partial charge in [-0.1, -0.05) is 91.9 Å². The minimum Gasteiger partial charge on any atom is -0.493 e. The maximum Gasteiger partial charge on any atom is 0.283 e. The first kappa shape index (κ1) is 30.5. The van der Waals surface area contributed by atoms with Crippen LogP contribution >= 0.6 is 0 Å². The van der Waals surface area contributed by atoms with Crippen molar-refractivity contribution < 1.29 is 10.2 Å². The number of benzene rings is 4. The molecule has 2 heterocycles. The second-order valence-electron chi connectivity index (χ2n) is 10.6. The van der Waals surface area contributed by atoms with Gasteiger partial charge in [0.25, 0.3) is 11.1 Å². The van der Waals surface area contributed by atoms with Crippen molar-refractivity contribution in [2.45, 2.75) is 13.3 Å². The Balaban J connectivity index is 1.36. The van der Waals surface area contributed by atoms with E-state index in [1.807, 2.05) is 122 Å². The van der Waals surface area contributed by atoms with Gasteiger partial charge < -0.3 is 10.2 Å². The Morgan fingerprint density at radius 3 is 1.40 bits per heavy atom. The molecule has 0 spiro atoms. The molecule has 0 fully saturated rings. The predicted molar refractivity (Wildman–Crippen MR) is 186 cm³/mol. The van der Waals surface area contributed by atoms with Crippen LogP contribution in [0.1, 0.15) is 24.5 Å². The Morgan fingerprint density at radius 2 is 0.979 bits per heavy atom. The minimum atomic E-state index is -0.398. The third-order valence-electron chi connectivity index (χ3n) is 7.60. The monoisotopic (exact) mass is 620 g/mol. The Hall–Kier alpha value is -6.50. The van der Waals surface area contributed by atoms with Gasteiger partial charge in [-0.2, -0.15) is 0 Å². The van der Waals surface area contributed by atoms with Gasteiger partial charge >= 0.3 is 0 Å². The van der Waals surface area contributed by atoms with Crippen LogP contribution in [0.25, 0.3) is 34.9 Å². The summed E-state index contributed by atoms with van der Waals surface area (Å²) in [5.41, 5.74) is 5.74. The Morgan fingerprint density at radius 1 is 0.596 bits per heavy atom. The summed E-state index contributed by atoms with van der Waals surface area (Å²) in [4.78, 5) is 27.2. The van der Waals surface area contributed by atoms with E-state index in [-0.39, 0.29) is 28.4 Å². The number of hydrogen-bond donors (Lipinski definition) is 2. The van der Waals surface area contributed by atoms with E-state index in [2.05, 4.69) is 5.73 Å². The van der Waals surface area contributed by atoms with E-state index in [1.165, 1.54) is 24.8 Å². The average Bonchev–Trinajstić information content (AvgIpc) is 3.52. The van der Waals surface area contributed by atoms with Crippen LogP contribution in [-0.4, -0.2) is 28.9 Å². The van der Waals surface area contributed by atoms with Crippen molar-refractivity contribution in [1.82, 2.24) is 18.7 Å². The zero-order chi connectivity index (χ0) is 32.8. The number of para-hydroxylation sites is 4. The van der Waals surface area contributed by atoms with Crippen molar-refractivity contribution in [1.29, 1.82) is 0 Å². The summed E-state index contributed by atoms with van der Waals surface area (Å²) in [7, 11) is 0. The SMILES string of the molecule is CCC(=Cc1c(O)n(-c2ccccc2)n(-c2ccccc2)c1=O)/C=C/C=C=Cc1c(O)n(-c2ccccc2)n(-c2ccccc2)c1=O. The molecular formula is C39H32N4O4. The number of allylic oxidation sites excluding steroid dienone is 4. The highest BCUT2D eigenvalue weighted by atomic mass is 16.3. The summed E-state index contributed by atoms with van der Waals surface area (Å²) in [5.74, 6) is -0.384. The van der Waals surface area contributed by atoms with Gasteiger partial charge in [0.2, 0.25) is 11.8 Å². The van der Waals surface area contributed by atoms with Gasteiger partial charge in [-0.3, -0.25) is 9.59 Å². The van der Waals surface area contributed by atoms with Crippen molar-refractivity contribution >= 4 is 12.2 Å². The van der Waals surface area contributed by atoms with E-state index in [4.69, 9.17) is 0 Å². The van der Waals surface area contributed by atoms with Gasteiger partial charge in [0.15, 0.2) is 0 Å². The van der Waals surface area contributed by atoms with Crippen LogP contribution < -0.4 is 11.1 Å². The number of rotatable bonds is 9. The molecule has 47 heavy (non-hydrogen) atoms. The molecule has 2 N–H and O–H groups in total. The maximum atomic E-state index is 13.7. The molecule has 4 aromatic carbocycles. The van der Waals surface area contributed by atoms with Crippen LogP contribution in [0.4, 0.5) is 0 Å². The number of aromatic hydroxyl groups is 2. The zero-order valence-corrected chi connectivity index (χ0v) is 25.6. The lowest BCUT2D eigenvalue weighted by atomic mass is 10.1. The van der Waals surface area contributed by atoms with E-state index in [0.717, 1.165) is 5.57 Å². The molecule has 0 aliphatic heterocycles. The minimum absolute atomic E-state index is 0.0854. The molecule has 8 heteroatoms. The Labute approximate surface area is 271 Å². The van der Waals surface area contributed by atoms with Crippen molar-refractivity contribution in [3.63, 3.8) is 0 Å². The molecule has 0 bridgehead atoms. The predicted octanol–water partition coefficient (Wildman–Crippen LogP) is 7.20. The molecule has 0 atom stereocenters. The average molecular weight is 621 g/mol. The van der Waals surface area contributed by atoms with Gasteiger partial charge in [-0.25, -0.2) is 18.7 Å². The highest BCUT2D eigenvalue weighted by Crippen LogP contribution is 2.26. The number of hydrogen-bond acceptors (Lipinski definition) is 4. The van der Waals surface area contributed by atoms with Gasteiger partial charge in [0.1, 0.15) is 11.1 Å². The summed E-state index contributed by atoms with van der Waals surface area (Å²) in [6, 6.07) is 36.6. The molecular weight excluding hydrogens is 588 g/mol. The molecule has 6 rings (SSSR count). The van der Waals surface area contributed by atoms with E-state index >= 15 is 0 Å². The molecule has 0 amide bonds. The number of aromatic nitrogens is 4. The van der Waals surface area contributed by atoms with Crippen molar-refractivity contribution in [3.05, 3.63) is 183 Å². The summed E-state index contributed by atoms with van der Waals surface area (Å²) in [5, 5.41) is 22.5. The second kappa shape index (κ2) is 13.6. The first-order chi connectivity index (χ1) is 23.0. The van der Waals surface area contributed by atoms with Crippen LogP contribution in [0, 0.1) is 0 Å². The third-order valence-corrected chi connectivity index (χ3v) is 7.60. The lowest BCUT2D eigenvalue weighted by Gasteiger charge is -2.12. The summed E-state index contributed by atoms with van der Waals surface area (Å²) < 4.78 is 5.84. The van der Waals surface area contributed by atoms with E-state index in [1.54, 1.807) is 30.4 Å². The quantitative estimate of drug-likeness (QED) is 0.132. The van der Waals surface area contributed by atoms with Crippen LogP contribution in [-0.2, 0) is 0 Å². The Bertz CT molecular complexity index is 2250. The highest BCUT2D eigenvalue weighted by molar-refractivity contribution is 5.62. The standard InChI is InChI=1S/C39H32N4O4/c1-2-29(28-35-38(46)42(32-23-13-6-14-24-32)43(39(35)47)33-25-15-7-16-26-33)18-8-3-17-27-34-36(44)40(30-19-9-4-10-20-30)41(37(34)45)31-21-11-5-12-22-31/h3-16,18-28,44,46H,2H2,1H3/b18-8+,29-28?. The molecule has 0 aliphatic carbocycles. The van der Waals surface area contributed by atoms with E-state index in [0.29, 0.717) is 29.2 Å². The fourth-order valence-corrected chi connectivity index (χ4v) is 5.30. The van der Waals surface area contributed by atoms with Gasteiger partial charge in [0.05, 0.1) is 22.7 Å². The lowest BCUT2D eigenvalue weighted by Crippen LogP contribution is -2.21. The van der Waals surface area contributed by atoms with Gasteiger partial charge in [0, 0.05) is 0 Å². The molecule has 6 aromatic rings. The fourth-order valence-electron chi connectivity index (χ4n) is 5.30. The summed E-state index contributed by atoms with van der Waals surface area (Å²) in [6.07, 6.45) is 8.86. The maximum absolute atomic E-state index is 13.7. The van der Waals surface area contributed by atoms with Gasteiger partial charge in [-0.15, -0.1) is 5.73 Å². The van der Waals surface area contributed by atoms with E-state index < -0.39 is 5.56 Å². The molecule has 232 valence electrons. The second-order valence-corrected chi connectivity index (χ2v) is 10.6. The van der Waals surface area contributed by atoms with Crippen molar-refractivity contribution in [2.24, 2.45) is 0 Å². The summed E-state index contributed by atoms with van der Waals surface area (Å²) in [6.45, 7) is 1.95. The van der Waals surface area contributed by atoms with E-state index in [9.17, 15) is 19.8 Å². The molecule has 0 saturated carbocycles. The lowest BCUT2D eigenvalue weighted by molar-refractivity contribution is 0.424. The molecule has 0 aliphatic rings. The largest absolute Gasteiger partial charge is 0.493 e. The van der Waals surface area contributed by atoms with Crippen LogP contribution in [0.5, 0.6) is 11.8 Å². The normalized spacial score (nSPS) is 11.5. The topological polar surface area (TPSA) is 94.3 Å². The molecule has 8 nitrogen and oxygen atoms in total. The first-order valence-corrected chi connectivity index (χ1v) is 15.1. The summed E-state index contributed by atoms with van der Waals surface area (Å²) >= 11 is 0. The molecule has 0 unspecified atom stereocenters. The fraction of sp³-hybridized carbons (Fsp3) is 0.0513. The molecule has 2 aromatic heterocycles. The first-order valence-electron chi connectivity index (χ1n) is 15.1.